The molecule has 1 aromatic heterocycles. The number of esters is 1. The van der Waals surface area contributed by atoms with Crippen molar-refractivity contribution in [2.45, 2.75) is 25.8 Å². The first-order chi connectivity index (χ1) is 12.1. The average Bonchev–Trinajstić information content (AvgIpc) is 3.29. The summed E-state index contributed by atoms with van der Waals surface area (Å²) in [6.45, 7) is 2.08. The molecule has 2 N–H and O–H groups in total. The Kier molecular flexibility index (Phi) is 3.60. The average molecular weight is 343 g/mol. The quantitative estimate of drug-likeness (QED) is 0.853. The van der Waals surface area contributed by atoms with E-state index >= 15 is 0 Å². The number of pyridine rings is 1. The van der Waals surface area contributed by atoms with Crippen molar-refractivity contribution in [2.75, 3.05) is 18.3 Å². The molecule has 2 aliphatic rings. The second-order valence-electron chi connectivity index (χ2n) is 5.92. The number of hydrogen-bond donors (Lipinski definition) is 1. The van der Waals surface area contributed by atoms with Gasteiger partial charge in [-0.15, -0.1) is 0 Å². The van der Waals surface area contributed by atoms with Crippen LogP contribution in [0.25, 0.3) is 10.9 Å². The molecule has 130 valence electrons. The van der Waals surface area contributed by atoms with Crippen LogP contribution >= 0.6 is 0 Å². The maximum atomic E-state index is 12.4. The lowest BCUT2D eigenvalue weighted by Crippen LogP contribution is -2.39. The van der Waals surface area contributed by atoms with Gasteiger partial charge in [0.2, 0.25) is 6.79 Å². The summed E-state index contributed by atoms with van der Waals surface area (Å²) < 4.78 is 15.9. The van der Waals surface area contributed by atoms with Gasteiger partial charge >= 0.3 is 12.0 Å². The second kappa shape index (κ2) is 5.80. The first-order valence-electron chi connectivity index (χ1n) is 8.08. The van der Waals surface area contributed by atoms with Crippen LogP contribution in [-0.2, 0) is 4.74 Å². The zero-order chi connectivity index (χ0) is 17.6. The fraction of sp³-hybridized carbons (Fsp3) is 0.353. The highest BCUT2D eigenvalue weighted by Crippen LogP contribution is 2.39. The molecule has 8 nitrogen and oxygen atoms in total. The second-order valence-corrected chi connectivity index (χ2v) is 5.92. The van der Waals surface area contributed by atoms with E-state index in [0.717, 1.165) is 12.8 Å². The third-order valence-corrected chi connectivity index (χ3v) is 4.16. The molecule has 1 fully saturated rings. The molecule has 0 saturated heterocycles. The SMILES string of the molecule is CCOC(=O)c1cc2cc3c(cc2nc1N(C(N)=O)C1CC1)OCO3. The third-order valence-electron chi connectivity index (χ3n) is 4.16. The number of rotatable bonds is 4. The van der Waals surface area contributed by atoms with Gasteiger partial charge in [0.1, 0.15) is 5.56 Å². The van der Waals surface area contributed by atoms with Crippen LogP contribution in [0.1, 0.15) is 30.1 Å². The molecule has 25 heavy (non-hydrogen) atoms. The zero-order valence-electron chi connectivity index (χ0n) is 13.7. The van der Waals surface area contributed by atoms with Gasteiger partial charge < -0.3 is 19.9 Å². The number of amides is 2. The first kappa shape index (κ1) is 15.5. The van der Waals surface area contributed by atoms with Crippen LogP contribution < -0.4 is 20.1 Å². The molecular weight excluding hydrogens is 326 g/mol. The van der Waals surface area contributed by atoms with Crippen LogP contribution in [0.2, 0.25) is 0 Å². The highest BCUT2D eigenvalue weighted by atomic mass is 16.7. The van der Waals surface area contributed by atoms with Gasteiger partial charge in [0, 0.05) is 17.5 Å². The van der Waals surface area contributed by atoms with E-state index in [-0.39, 0.29) is 30.8 Å². The number of carbonyl (C=O) groups excluding carboxylic acids is 2. The van der Waals surface area contributed by atoms with Crippen LogP contribution in [0, 0.1) is 0 Å². The van der Waals surface area contributed by atoms with Crippen molar-refractivity contribution in [3.05, 3.63) is 23.8 Å². The Morgan fingerprint density at radius 3 is 2.64 bits per heavy atom. The summed E-state index contributed by atoms with van der Waals surface area (Å²) in [6, 6.07) is 4.45. The van der Waals surface area contributed by atoms with Gasteiger partial charge in [0.15, 0.2) is 17.3 Å². The molecule has 4 rings (SSSR count). The number of anilines is 1. The summed E-state index contributed by atoms with van der Waals surface area (Å²) in [5.41, 5.74) is 6.33. The summed E-state index contributed by atoms with van der Waals surface area (Å²) in [7, 11) is 0. The Bertz CT molecular complexity index is 878. The Balaban J connectivity index is 1.91. The number of benzene rings is 1. The Morgan fingerprint density at radius 1 is 1.28 bits per heavy atom. The predicted octanol–water partition coefficient (Wildman–Crippen LogP) is 2.19. The molecular formula is C17H17N3O5. The van der Waals surface area contributed by atoms with E-state index in [1.807, 2.05) is 0 Å². The summed E-state index contributed by atoms with van der Waals surface area (Å²) in [5, 5.41) is 0.691. The van der Waals surface area contributed by atoms with Gasteiger partial charge in [0.05, 0.1) is 12.1 Å². The number of nitrogens with zero attached hydrogens (tertiary/aromatic N) is 2. The van der Waals surface area contributed by atoms with Crippen LogP contribution in [-0.4, -0.2) is 36.4 Å². The Hall–Kier alpha value is -3.03. The topological polar surface area (TPSA) is 104 Å². The van der Waals surface area contributed by atoms with Crippen LogP contribution in [0.4, 0.5) is 10.6 Å². The Labute approximate surface area is 143 Å². The van der Waals surface area contributed by atoms with E-state index in [2.05, 4.69) is 4.98 Å². The van der Waals surface area contributed by atoms with Crippen molar-refractivity contribution in [3.8, 4) is 11.5 Å². The molecule has 8 heteroatoms. The molecule has 0 atom stereocenters. The van der Waals surface area contributed by atoms with Crippen molar-refractivity contribution in [1.29, 1.82) is 0 Å². The largest absolute Gasteiger partial charge is 0.462 e. The van der Waals surface area contributed by atoms with E-state index in [1.54, 1.807) is 25.1 Å². The normalized spacial score (nSPS) is 15.2. The lowest BCUT2D eigenvalue weighted by molar-refractivity contribution is 0.0527. The van der Waals surface area contributed by atoms with E-state index in [4.69, 9.17) is 19.9 Å². The monoisotopic (exact) mass is 343 g/mol. The number of ether oxygens (including phenoxy) is 3. The summed E-state index contributed by atoms with van der Waals surface area (Å²) >= 11 is 0. The van der Waals surface area contributed by atoms with Gasteiger partial charge in [-0.25, -0.2) is 14.6 Å². The van der Waals surface area contributed by atoms with Crippen LogP contribution in [0.15, 0.2) is 18.2 Å². The molecule has 0 radical (unpaired) electrons. The number of hydrogen-bond acceptors (Lipinski definition) is 6. The summed E-state index contributed by atoms with van der Waals surface area (Å²) in [4.78, 5) is 30.3. The molecule has 1 aliphatic carbocycles. The van der Waals surface area contributed by atoms with Crippen molar-refractivity contribution < 1.29 is 23.8 Å². The third kappa shape index (κ3) is 2.69. The van der Waals surface area contributed by atoms with E-state index < -0.39 is 12.0 Å². The fourth-order valence-corrected chi connectivity index (χ4v) is 2.89. The number of carbonyl (C=O) groups is 2. The van der Waals surface area contributed by atoms with E-state index in [9.17, 15) is 9.59 Å². The number of fused-ring (bicyclic) bond motifs is 2. The van der Waals surface area contributed by atoms with Gasteiger partial charge in [-0.3, -0.25) is 4.90 Å². The summed E-state index contributed by atoms with van der Waals surface area (Å²) in [5.74, 6) is 0.842. The molecule has 2 heterocycles. The molecule has 2 amide bonds. The van der Waals surface area contributed by atoms with E-state index in [1.165, 1.54) is 4.90 Å². The summed E-state index contributed by atoms with van der Waals surface area (Å²) in [6.07, 6.45) is 1.65. The van der Waals surface area contributed by atoms with Gasteiger partial charge in [-0.1, -0.05) is 0 Å². The van der Waals surface area contributed by atoms with Crippen LogP contribution in [0.3, 0.4) is 0 Å². The maximum Gasteiger partial charge on any atom is 0.341 e. The molecule has 0 unspecified atom stereocenters. The number of urea groups is 1. The maximum absolute atomic E-state index is 12.4. The minimum atomic E-state index is -0.638. The highest BCUT2D eigenvalue weighted by Gasteiger charge is 2.36. The zero-order valence-corrected chi connectivity index (χ0v) is 13.7. The smallest absolute Gasteiger partial charge is 0.341 e. The predicted molar refractivity (Wildman–Crippen MR) is 88.9 cm³/mol. The highest BCUT2D eigenvalue weighted by molar-refractivity contribution is 6.04. The van der Waals surface area contributed by atoms with Gasteiger partial charge in [-0.05, 0) is 31.9 Å². The minimum Gasteiger partial charge on any atom is -0.462 e. The molecule has 1 aliphatic heterocycles. The van der Waals surface area contributed by atoms with Gasteiger partial charge in [-0.2, -0.15) is 0 Å². The van der Waals surface area contributed by atoms with Crippen molar-refractivity contribution in [2.24, 2.45) is 5.73 Å². The molecule has 1 aromatic carbocycles. The van der Waals surface area contributed by atoms with Crippen molar-refractivity contribution >= 4 is 28.7 Å². The number of nitrogens with two attached hydrogens (primary N) is 1. The molecule has 1 saturated carbocycles. The first-order valence-corrected chi connectivity index (χ1v) is 8.08. The number of aromatic nitrogens is 1. The van der Waals surface area contributed by atoms with E-state index in [0.29, 0.717) is 22.4 Å². The lowest BCUT2D eigenvalue weighted by atomic mass is 10.1. The standard InChI is InChI=1S/C17H17N3O5/c1-2-23-16(21)11-5-9-6-13-14(25-8-24-13)7-12(9)19-15(11)20(17(18)22)10-3-4-10/h5-7,10H,2-4,8H2,1H3,(H2,18,22). The number of primary amides is 1. The minimum absolute atomic E-state index is 0.0374. The molecule has 0 spiro atoms. The molecule has 0 bridgehead atoms. The van der Waals surface area contributed by atoms with Crippen LogP contribution in [0.5, 0.6) is 11.5 Å². The molecule has 2 aromatic rings. The Morgan fingerprint density at radius 2 is 2.00 bits per heavy atom. The fourth-order valence-electron chi connectivity index (χ4n) is 2.89. The van der Waals surface area contributed by atoms with Crippen molar-refractivity contribution in [3.63, 3.8) is 0 Å². The lowest BCUT2D eigenvalue weighted by Gasteiger charge is -2.21. The van der Waals surface area contributed by atoms with Crippen molar-refractivity contribution in [1.82, 2.24) is 4.98 Å². The van der Waals surface area contributed by atoms with Gasteiger partial charge in [0.25, 0.3) is 0 Å².